The van der Waals surface area contributed by atoms with Crippen LogP contribution in [0.25, 0.3) is 0 Å². The van der Waals surface area contributed by atoms with Gasteiger partial charge >= 0.3 is 0 Å². The Morgan fingerprint density at radius 2 is 2.21 bits per heavy atom. The molecule has 1 atom stereocenters. The molecule has 1 aliphatic heterocycles. The molecule has 1 aromatic rings. The maximum atomic E-state index is 11.6. The van der Waals surface area contributed by atoms with Gasteiger partial charge in [0.25, 0.3) is 5.28 Å². The third-order valence-electron chi connectivity index (χ3n) is 2.27. The molecule has 1 aromatic heterocycles. The fourth-order valence-corrected chi connectivity index (χ4v) is 3.52. The first-order valence-electron chi connectivity index (χ1n) is 4.30. The lowest BCUT2D eigenvalue weighted by Crippen LogP contribution is -2.21. The Balaban J connectivity index is 2.33. The van der Waals surface area contributed by atoms with E-state index in [1.165, 1.54) is 0 Å². The molecule has 0 radical (unpaired) electrons. The van der Waals surface area contributed by atoms with Crippen LogP contribution in [0.15, 0.2) is 4.52 Å². The molecule has 1 fully saturated rings. The van der Waals surface area contributed by atoms with Gasteiger partial charge in [-0.15, -0.1) is 0 Å². The maximum Gasteiger partial charge on any atom is 0.263 e. The number of rotatable bonds is 1. The largest absolute Gasteiger partial charge is 0.337 e. The molecule has 0 spiro atoms. The Labute approximate surface area is 86.4 Å². The monoisotopic (exact) mass is 236 g/mol. The van der Waals surface area contributed by atoms with Gasteiger partial charge in [0, 0.05) is 0 Å². The smallest absolute Gasteiger partial charge is 0.263 e. The average Bonchev–Trinajstić information content (AvgIpc) is 2.51. The molecular weight excluding hydrogens is 228 g/mol. The molecule has 1 aliphatic rings. The van der Waals surface area contributed by atoms with Gasteiger partial charge in [-0.3, -0.25) is 0 Å². The van der Waals surface area contributed by atoms with Crippen molar-refractivity contribution in [3.8, 4) is 0 Å². The van der Waals surface area contributed by atoms with Crippen LogP contribution in [0.5, 0.6) is 0 Å². The Morgan fingerprint density at radius 3 is 2.79 bits per heavy atom. The Morgan fingerprint density at radius 1 is 1.43 bits per heavy atom. The highest BCUT2D eigenvalue weighted by molar-refractivity contribution is 7.91. The Bertz CT molecular complexity index is 428. The highest BCUT2D eigenvalue weighted by atomic mass is 35.5. The molecule has 1 saturated heterocycles. The fraction of sp³-hybridized carbons (Fsp3) is 0.714. The summed E-state index contributed by atoms with van der Waals surface area (Å²) in [6, 6.07) is 0. The fourth-order valence-electron chi connectivity index (χ4n) is 1.58. The van der Waals surface area contributed by atoms with Crippen molar-refractivity contribution in [3.05, 3.63) is 11.2 Å². The molecule has 0 bridgehead atoms. The topological polar surface area (TPSA) is 73.1 Å². The van der Waals surface area contributed by atoms with Gasteiger partial charge in [0.2, 0.25) is 5.89 Å². The zero-order valence-electron chi connectivity index (χ0n) is 7.31. The van der Waals surface area contributed by atoms with E-state index in [1.807, 2.05) is 0 Å². The molecule has 0 amide bonds. The first-order valence-corrected chi connectivity index (χ1v) is 6.39. The predicted octanol–water partition coefficient (Wildman–Crippen LogP) is 1.36. The lowest BCUT2D eigenvalue weighted by atomic mass is 10.2. The van der Waals surface area contributed by atoms with E-state index in [-0.39, 0.29) is 16.9 Å². The molecule has 0 aromatic carbocycles. The van der Waals surface area contributed by atoms with Crippen molar-refractivity contribution in [2.24, 2.45) is 0 Å². The van der Waals surface area contributed by atoms with Gasteiger partial charge in [-0.25, -0.2) is 8.42 Å². The zero-order valence-corrected chi connectivity index (χ0v) is 8.88. The third-order valence-corrected chi connectivity index (χ3v) is 4.59. The van der Waals surface area contributed by atoms with Gasteiger partial charge in [0.15, 0.2) is 9.84 Å². The molecule has 5 nitrogen and oxygen atoms in total. The minimum absolute atomic E-state index is 0.0410. The number of nitrogens with zero attached hydrogens (tertiary/aromatic N) is 2. The highest BCUT2D eigenvalue weighted by Crippen LogP contribution is 2.32. The first-order chi connectivity index (χ1) is 6.59. The van der Waals surface area contributed by atoms with Crippen LogP contribution in [-0.2, 0) is 9.84 Å². The number of sulfone groups is 1. The summed E-state index contributed by atoms with van der Waals surface area (Å²) >= 11 is 5.46. The summed E-state index contributed by atoms with van der Waals surface area (Å²) in [5, 5.41) is 2.68. The number of aromatic nitrogens is 2. The van der Waals surface area contributed by atoms with E-state index >= 15 is 0 Å². The van der Waals surface area contributed by atoms with Gasteiger partial charge in [-0.1, -0.05) is 6.42 Å². The molecule has 14 heavy (non-hydrogen) atoms. The summed E-state index contributed by atoms with van der Waals surface area (Å²) in [5.41, 5.74) is 0. The van der Waals surface area contributed by atoms with E-state index in [4.69, 9.17) is 16.1 Å². The molecule has 2 heterocycles. The summed E-state index contributed by atoms with van der Waals surface area (Å²) < 4.78 is 28.0. The quantitative estimate of drug-likeness (QED) is 0.736. The summed E-state index contributed by atoms with van der Waals surface area (Å²) in [6.07, 6.45) is 2.12. The highest BCUT2D eigenvalue weighted by Gasteiger charge is 2.34. The van der Waals surface area contributed by atoms with Crippen molar-refractivity contribution in [2.75, 3.05) is 5.75 Å². The van der Waals surface area contributed by atoms with Crippen molar-refractivity contribution in [2.45, 2.75) is 24.5 Å². The van der Waals surface area contributed by atoms with Crippen LogP contribution in [0.2, 0.25) is 5.28 Å². The maximum absolute atomic E-state index is 11.6. The average molecular weight is 237 g/mol. The summed E-state index contributed by atoms with van der Waals surface area (Å²) in [7, 11) is -3.12. The number of halogens is 1. The zero-order chi connectivity index (χ0) is 10.2. The summed E-state index contributed by atoms with van der Waals surface area (Å²) in [5.74, 6) is 0.312. The number of hydrogen-bond donors (Lipinski definition) is 0. The van der Waals surface area contributed by atoms with Crippen LogP contribution in [0.1, 0.15) is 30.4 Å². The molecule has 0 N–H and O–H groups in total. The molecule has 78 valence electrons. The van der Waals surface area contributed by atoms with Crippen LogP contribution in [-0.4, -0.2) is 24.3 Å². The van der Waals surface area contributed by atoms with Crippen molar-refractivity contribution < 1.29 is 12.9 Å². The molecule has 0 aliphatic carbocycles. The molecule has 1 unspecified atom stereocenters. The van der Waals surface area contributed by atoms with Crippen LogP contribution >= 0.6 is 11.6 Å². The lowest BCUT2D eigenvalue weighted by molar-refractivity contribution is 0.363. The molecule has 2 rings (SSSR count). The normalized spacial score (nSPS) is 26.2. The second kappa shape index (κ2) is 3.51. The molecule has 0 saturated carbocycles. The van der Waals surface area contributed by atoms with Crippen molar-refractivity contribution in [1.82, 2.24) is 10.1 Å². The van der Waals surface area contributed by atoms with Crippen molar-refractivity contribution in [1.29, 1.82) is 0 Å². The standard InChI is InChI=1S/C7H9ClN2O3S/c8-7-9-6(13-10-7)5-3-1-2-4-14(5,11)12/h5H,1-4H2. The summed E-state index contributed by atoms with van der Waals surface area (Å²) in [6.45, 7) is 0. The SMILES string of the molecule is O=S1(=O)CCCCC1c1nc(Cl)no1. The third kappa shape index (κ3) is 1.76. The van der Waals surface area contributed by atoms with E-state index in [0.717, 1.165) is 6.42 Å². The van der Waals surface area contributed by atoms with E-state index in [0.29, 0.717) is 12.8 Å². The first kappa shape index (κ1) is 9.92. The summed E-state index contributed by atoms with van der Waals surface area (Å²) in [4.78, 5) is 3.74. The van der Waals surface area contributed by atoms with Crippen molar-refractivity contribution >= 4 is 21.4 Å². The van der Waals surface area contributed by atoms with Gasteiger partial charge in [-0.05, 0) is 29.6 Å². The van der Waals surface area contributed by atoms with Gasteiger partial charge in [-0.2, -0.15) is 4.98 Å². The molecular formula is C7H9ClN2O3S. The van der Waals surface area contributed by atoms with Crippen LogP contribution in [0, 0.1) is 0 Å². The minimum atomic E-state index is -3.12. The van der Waals surface area contributed by atoms with E-state index in [2.05, 4.69) is 10.1 Å². The van der Waals surface area contributed by atoms with E-state index in [9.17, 15) is 8.42 Å². The Hall–Kier alpha value is -0.620. The Kier molecular flexibility index (Phi) is 2.48. The van der Waals surface area contributed by atoms with Crippen molar-refractivity contribution in [3.63, 3.8) is 0 Å². The van der Waals surface area contributed by atoms with Gasteiger partial charge in [0.05, 0.1) is 5.75 Å². The van der Waals surface area contributed by atoms with Gasteiger partial charge in [0.1, 0.15) is 5.25 Å². The van der Waals surface area contributed by atoms with Crippen LogP contribution in [0.4, 0.5) is 0 Å². The lowest BCUT2D eigenvalue weighted by Gasteiger charge is -2.18. The molecule has 7 heteroatoms. The second-order valence-corrected chi connectivity index (χ2v) is 5.89. The number of hydrogen-bond acceptors (Lipinski definition) is 5. The van der Waals surface area contributed by atoms with Crippen LogP contribution in [0.3, 0.4) is 0 Å². The van der Waals surface area contributed by atoms with Crippen LogP contribution < -0.4 is 0 Å². The predicted molar refractivity (Wildman–Crippen MR) is 49.7 cm³/mol. The second-order valence-electron chi connectivity index (χ2n) is 3.25. The van der Waals surface area contributed by atoms with E-state index < -0.39 is 15.1 Å². The minimum Gasteiger partial charge on any atom is -0.337 e. The van der Waals surface area contributed by atoms with E-state index in [1.54, 1.807) is 0 Å². The van der Waals surface area contributed by atoms with Gasteiger partial charge < -0.3 is 4.52 Å².